The van der Waals surface area contributed by atoms with E-state index in [9.17, 15) is 0 Å². The molecule has 4 aliphatic rings. The van der Waals surface area contributed by atoms with Crippen molar-refractivity contribution in [2.45, 2.75) is 154 Å². The quantitative estimate of drug-likeness (QED) is 0.168. The van der Waals surface area contributed by atoms with E-state index in [0.29, 0.717) is 0 Å². The van der Waals surface area contributed by atoms with Crippen LogP contribution in [0.25, 0.3) is 49.4 Å². The number of anilines is 5. The maximum absolute atomic E-state index is 4.24. The predicted molar refractivity (Wildman–Crippen MR) is 319 cm³/mol. The van der Waals surface area contributed by atoms with Crippen LogP contribution in [0, 0.1) is 0 Å². The number of rotatable bonds is 6. The average Bonchev–Trinajstić information content (AvgIpc) is 3.71. The highest BCUT2D eigenvalue weighted by Crippen LogP contribution is 2.54. The van der Waals surface area contributed by atoms with Gasteiger partial charge in [-0.1, -0.05) is 161 Å². The summed E-state index contributed by atoms with van der Waals surface area (Å²) in [4.78, 5) is 2.53. The van der Waals surface area contributed by atoms with Crippen molar-refractivity contribution < 1.29 is 0 Å². The van der Waals surface area contributed by atoms with Crippen LogP contribution in [0.5, 0.6) is 0 Å². The third-order valence-electron chi connectivity index (χ3n) is 19.1. The van der Waals surface area contributed by atoms with E-state index in [-0.39, 0.29) is 32.5 Å². The van der Waals surface area contributed by atoms with Gasteiger partial charge in [0.15, 0.2) is 7.28 Å². The topological polar surface area (TPSA) is 20.2 Å². The van der Waals surface area contributed by atoms with E-state index in [1.807, 2.05) is 0 Å². The first-order chi connectivity index (χ1) is 35.1. The van der Waals surface area contributed by atoms with Crippen molar-refractivity contribution in [1.29, 1.82) is 0 Å². The van der Waals surface area contributed by atoms with Crippen LogP contribution in [0.4, 0.5) is 28.4 Å². The number of hydrogen-bond acceptors (Lipinski definition) is 2. The van der Waals surface area contributed by atoms with Gasteiger partial charge in [-0.05, 0) is 199 Å². The molecule has 9 aromatic rings. The third-order valence-corrected chi connectivity index (χ3v) is 19.1. The molecule has 3 nitrogen and oxygen atoms in total. The van der Waals surface area contributed by atoms with Gasteiger partial charge in [0.05, 0.1) is 16.7 Å². The van der Waals surface area contributed by atoms with Crippen molar-refractivity contribution >= 4 is 79.2 Å². The van der Waals surface area contributed by atoms with E-state index < -0.39 is 0 Å². The molecular weight excluding hydrogens is 894 g/mol. The van der Waals surface area contributed by atoms with Crippen molar-refractivity contribution in [2.24, 2.45) is 0 Å². The lowest BCUT2D eigenvalue weighted by atomic mass is 9.55. The fraction of sp³-hybridized carbons (Fsp3) is 0.343. The zero-order valence-corrected chi connectivity index (χ0v) is 46.1. The molecule has 0 unspecified atom stereocenters. The summed E-state index contributed by atoms with van der Waals surface area (Å²) in [5.74, 6) is 0. The summed E-state index contributed by atoms with van der Waals surface area (Å²) >= 11 is 0. The van der Waals surface area contributed by atoms with Gasteiger partial charge < -0.3 is 14.8 Å². The second-order valence-electron chi connectivity index (χ2n) is 26.9. The Morgan fingerprint density at radius 1 is 0.446 bits per heavy atom. The van der Waals surface area contributed by atoms with Gasteiger partial charge in [0.25, 0.3) is 0 Å². The van der Waals surface area contributed by atoms with Crippen molar-refractivity contribution in [3.05, 3.63) is 179 Å². The van der Waals surface area contributed by atoms with E-state index >= 15 is 0 Å². The zero-order valence-electron chi connectivity index (χ0n) is 46.1. The highest BCUT2D eigenvalue weighted by Gasteiger charge is 2.42. The molecule has 0 fully saturated rings. The Morgan fingerprint density at radius 2 is 0.932 bits per heavy atom. The van der Waals surface area contributed by atoms with E-state index in [1.54, 1.807) is 0 Å². The Balaban J connectivity index is 1.19. The first kappa shape index (κ1) is 47.2. The predicted octanol–water partition coefficient (Wildman–Crippen LogP) is 17.8. The van der Waals surface area contributed by atoms with Crippen LogP contribution in [0.2, 0.25) is 0 Å². The van der Waals surface area contributed by atoms with Gasteiger partial charge in [0, 0.05) is 44.8 Å². The Kier molecular flexibility index (Phi) is 10.2. The van der Waals surface area contributed by atoms with Gasteiger partial charge in [-0.15, -0.1) is 0 Å². The lowest BCUT2D eigenvalue weighted by molar-refractivity contribution is 0.332. The van der Waals surface area contributed by atoms with E-state index in [1.165, 1.54) is 119 Å². The van der Waals surface area contributed by atoms with Gasteiger partial charge in [-0.2, -0.15) is 0 Å². The molecule has 13 rings (SSSR count). The first-order valence-corrected chi connectivity index (χ1v) is 27.7. The summed E-state index contributed by atoms with van der Waals surface area (Å²) in [6, 6.07) is 56.3. The summed E-state index contributed by atoms with van der Waals surface area (Å²) in [7, 11) is 2.59. The molecule has 0 spiro atoms. The highest BCUT2D eigenvalue weighted by atomic mass is 15.1. The fourth-order valence-electron chi connectivity index (χ4n) is 14.1. The van der Waals surface area contributed by atoms with Crippen LogP contribution in [0.15, 0.2) is 146 Å². The smallest absolute Gasteiger partial charge is 0.197 e. The molecule has 4 heteroatoms. The normalized spacial score (nSPS) is 19.0. The van der Waals surface area contributed by atoms with Gasteiger partial charge in [0.2, 0.25) is 0 Å². The number of hydrogen-bond donors (Lipinski definition) is 1. The minimum absolute atomic E-state index is 0.00734. The Bertz CT molecular complexity index is 3750. The number of aromatic nitrogens is 1. The van der Waals surface area contributed by atoms with Gasteiger partial charge in [-0.3, -0.25) is 0 Å². The van der Waals surface area contributed by atoms with Gasteiger partial charge in [-0.25, -0.2) is 0 Å². The molecule has 371 valence electrons. The van der Waals surface area contributed by atoms with E-state index in [4.69, 9.17) is 0 Å². The summed E-state index contributed by atoms with van der Waals surface area (Å²) in [6.45, 7) is 29.5. The first-order valence-electron chi connectivity index (χ1n) is 27.7. The molecule has 1 radical (unpaired) electrons. The lowest BCUT2D eigenvalue weighted by Crippen LogP contribution is -2.41. The van der Waals surface area contributed by atoms with E-state index in [0.717, 1.165) is 42.0 Å². The minimum Gasteiger partial charge on any atom is -0.355 e. The lowest BCUT2D eigenvalue weighted by Gasteiger charge is -2.43. The highest BCUT2D eigenvalue weighted by molar-refractivity contribution is 6.73. The second-order valence-corrected chi connectivity index (χ2v) is 26.9. The molecule has 0 bridgehead atoms. The average molecular weight is 967 g/mol. The largest absolute Gasteiger partial charge is 0.355 e. The molecule has 0 saturated carbocycles. The van der Waals surface area contributed by atoms with Crippen molar-refractivity contribution in [3.8, 4) is 16.8 Å². The second kappa shape index (κ2) is 16.0. The zero-order chi connectivity index (χ0) is 51.5. The van der Waals surface area contributed by atoms with Crippen LogP contribution in [0.1, 0.15) is 155 Å². The molecule has 1 aromatic heterocycles. The van der Waals surface area contributed by atoms with Crippen LogP contribution >= 0.6 is 0 Å². The Labute approximate surface area is 441 Å². The van der Waals surface area contributed by atoms with Crippen LogP contribution < -0.4 is 21.1 Å². The van der Waals surface area contributed by atoms with Crippen molar-refractivity contribution in [3.63, 3.8) is 0 Å². The van der Waals surface area contributed by atoms with Crippen LogP contribution in [-0.4, -0.2) is 11.8 Å². The fourth-order valence-corrected chi connectivity index (χ4v) is 14.1. The molecule has 0 amide bonds. The summed E-state index contributed by atoms with van der Waals surface area (Å²) in [5.41, 5.74) is 23.7. The molecular formula is C70H73BN3. The summed E-state index contributed by atoms with van der Waals surface area (Å²) in [6.07, 6.45) is 6.99. The molecule has 74 heavy (non-hydrogen) atoms. The van der Waals surface area contributed by atoms with Gasteiger partial charge >= 0.3 is 0 Å². The number of nitrogens with zero attached hydrogens (tertiary/aromatic N) is 2. The molecule has 8 aromatic carbocycles. The number of benzene rings is 8. The van der Waals surface area contributed by atoms with Gasteiger partial charge in [0.1, 0.15) is 0 Å². The SMILES string of the molecule is CC1(C)CCC(C)(C)c2cc(Nc3cc4c(cc3-c3cc(N(c5ccccc5)c5ccccc5)c5c6cc7ccccc7cc6n6c5c3[B]c3cc5c(cc3-6)C(C)(C)CCC5(C)C)C(C)(C)CCC4(C)C)ccc21. The monoisotopic (exact) mass is 967 g/mol. The summed E-state index contributed by atoms with van der Waals surface area (Å²) in [5, 5.41) is 9.28. The molecule has 0 saturated heterocycles. The molecule has 1 aliphatic heterocycles. The summed E-state index contributed by atoms with van der Waals surface area (Å²) < 4.78 is 2.69. The Morgan fingerprint density at radius 3 is 1.51 bits per heavy atom. The number of para-hydroxylation sites is 2. The maximum Gasteiger partial charge on any atom is 0.197 e. The number of fused-ring (bicyclic) bond motifs is 9. The number of nitrogens with one attached hydrogen (secondary N) is 1. The standard InChI is InChI=1S/C70H73BN3/c1-65(2)29-30-66(3,4)52-37-45(27-28-51(52)65)72-58-41-55-53(67(5,6)31-33-69(55,9)10)38-48(58)49-39-61(73(46-23-15-13-16-24-46)47-25-17-14-18-26-47)62-50-35-43-21-19-20-22-44(43)36-59(50)74-60-42-56-54(40-57(60)71-63(49)64(62)74)68(7,8)32-34-70(56,11)12/h13-28,35-42,72H,29-34H2,1-12H3. The van der Waals surface area contributed by atoms with E-state index in [2.05, 4.69) is 251 Å². The third kappa shape index (κ3) is 7.20. The minimum atomic E-state index is -0.00734. The van der Waals surface area contributed by atoms with Crippen molar-refractivity contribution in [1.82, 2.24) is 4.57 Å². The molecule has 1 N–H and O–H groups in total. The van der Waals surface area contributed by atoms with Crippen LogP contribution in [-0.2, 0) is 32.5 Å². The molecule has 3 aliphatic carbocycles. The molecule has 0 atom stereocenters. The van der Waals surface area contributed by atoms with Crippen LogP contribution in [0.3, 0.4) is 0 Å². The van der Waals surface area contributed by atoms with Crippen molar-refractivity contribution in [2.75, 3.05) is 10.2 Å². The Hall–Kier alpha value is -6.52. The molecule has 2 heterocycles. The maximum atomic E-state index is 4.24.